The maximum absolute atomic E-state index is 11.2. The second kappa shape index (κ2) is 6.30. The largest absolute Gasteiger partial charge is 0.493 e. The Morgan fingerprint density at radius 3 is 2.35 bits per heavy atom. The van der Waals surface area contributed by atoms with E-state index >= 15 is 0 Å². The van der Waals surface area contributed by atoms with Gasteiger partial charge in [-0.05, 0) is 39.7 Å². The Morgan fingerprint density at radius 2 is 1.82 bits per heavy atom. The molecular weight excluding hydrogens is 288 g/mol. The lowest BCUT2D eigenvalue weighted by molar-refractivity contribution is -0.135. The van der Waals surface area contributed by atoms with Gasteiger partial charge in [-0.2, -0.15) is 0 Å². The average Bonchev–Trinajstić information content (AvgIpc) is 2.37. The fourth-order valence-electron chi connectivity index (χ4n) is 1.25. The molecule has 0 heterocycles. The third-order valence-corrected chi connectivity index (χ3v) is 2.63. The Balaban J connectivity index is 3.04. The van der Waals surface area contributed by atoms with Crippen LogP contribution in [-0.2, 0) is 9.53 Å². The Labute approximate surface area is 108 Å². The van der Waals surface area contributed by atoms with Gasteiger partial charge in [0.15, 0.2) is 11.5 Å². The fourth-order valence-corrected chi connectivity index (χ4v) is 1.67. The molecule has 0 N–H and O–H groups in total. The number of rotatable bonds is 4. The van der Waals surface area contributed by atoms with Crippen molar-refractivity contribution in [3.63, 3.8) is 0 Å². The molecule has 0 fully saturated rings. The van der Waals surface area contributed by atoms with Crippen molar-refractivity contribution >= 4 is 28.0 Å². The molecule has 0 amide bonds. The first kappa shape index (κ1) is 13.6. The molecule has 4 nitrogen and oxygen atoms in total. The van der Waals surface area contributed by atoms with E-state index in [1.165, 1.54) is 7.11 Å². The number of carbonyl (C=O) groups is 1. The van der Waals surface area contributed by atoms with E-state index in [1.54, 1.807) is 32.4 Å². The first-order chi connectivity index (χ1) is 8.12. The molecule has 0 spiro atoms. The number of carbonyl (C=O) groups excluding carboxylic acids is 1. The first-order valence-corrected chi connectivity index (χ1v) is 5.59. The van der Waals surface area contributed by atoms with E-state index in [4.69, 9.17) is 9.47 Å². The minimum Gasteiger partial charge on any atom is -0.493 e. The molecule has 1 aromatic rings. The molecule has 0 unspecified atom stereocenters. The maximum Gasteiger partial charge on any atom is 0.344 e. The van der Waals surface area contributed by atoms with Gasteiger partial charge in [0.1, 0.15) is 4.48 Å². The molecule has 92 valence electrons. The van der Waals surface area contributed by atoms with Gasteiger partial charge in [0.2, 0.25) is 0 Å². The second-order valence-corrected chi connectivity index (χ2v) is 3.95. The van der Waals surface area contributed by atoms with Gasteiger partial charge in [0.25, 0.3) is 0 Å². The summed E-state index contributed by atoms with van der Waals surface area (Å²) in [6.45, 7) is 0. The highest BCUT2D eigenvalue weighted by Gasteiger charge is 2.07. The van der Waals surface area contributed by atoms with E-state index in [9.17, 15) is 4.79 Å². The molecular formula is C12H13BrO4. The van der Waals surface area contributed by atoms with Crippen molar-refractivity contribution in [1.82, 2.24) is 0 Å². The monoisotopic (exact) mass is 300 g/mol. The molecule has 0 saturated carbocycles. The number of esters is 1. The van der Waals surface area contributed by atoms with Crippen LogP contribution in [0.5, 0.6) is 11.5 Å². The third kappa shape index (κ3) is 3.49. The van der Waals surface area contributed by atoms with Gasteiger partial charge in [-0.1, -0.05) is 6.07 Å². The SMILES string of the molecule is COC(=O)/C(Br)=C/c1ccc(OC)c(OC)c1. The van der Waals surface area contributed by atoms with E-state index in [0.29, 0.717) is 16.0 Å². The standard InChI is InChI=1S/C12H13BrO4/c1-15-10-5-4-8(7-11(10)16-2)6-9(13)12(14)17-3/h4-7H,1-3H3/b9-6-. The second-order valence-electron chi connectivity index (χ2n) is 3.10. The summed E-state index contributed by atoms with van der Waals surface area (Å²) in [6, 6.07) is 5.34. The van der Waals surface area contributed by atoms with Crippen LogP contribution in [0.2, 0.25) is 0 Å². The van der Waals surface area contributed by atoms with Gasteiger partial charge in [0, 0.05) is 0 Å². The summed E-state index contributed by atoms with van der Waals surface area (Å²) in [4.78, 5) is 11.2. The molecule has 1 rings (SSSR count). The fraction of sp³-hybridized carbons (Fsp3) is 0.250. The zero-order chi connectivity index (χ0) is 12.8. The summed E-state index contributed by atoms with van der Waals surface area (Å²) in [5.74, 6) is 0.810. The zero-order valence-electron chi connectivity index (χ0n) is 9.82. The van der Waals surface area contributed by atoms with Crippen molar-refractivity contribution in [2.75, 3.05) is 21.3 Å². The Bertz CT molecular complexity index is 440. The van der Waals surface area contributed by atoms with Crippen LogP contribution in [-0.4, -0.2) is 27.3 Å². The highest BCUT2D eigenvalue weighted by molar-refractivity contribution is 9.12. The Morgan fingerprint density at radius 1 is 1.18 bits per heavy atom. The normalized spacial score (nSPS) is 10.9. The number of halogens is 1. The average molecular weight is 301 g/mol. The summed E-state index contributed by atoms with van der Waals surface area (Å²) >= 11 is 3.14. The van der Waals surface area contributed by atoms with Crippen molar-refractivity contribution < 1.29 is 19.0 Å². The quantitative estimate of drug-likeness (QED) is 0.633. The number of hydrogen-bond donors (Lipinski definition) is 0. The summed E-state index contributed by atoms with van der Waals surface area (Å²) in [6.07, 6.45) is 1.65. The van der Waals surface area contributed by atoms with Crippen LogP contribution < -0.4 is 9.47 Å². The molecule has 5 heteroatoms. The molecule has 0 aromatic heterocycles. The van der Waals surface area contributed by atoms with E-state index in [0.717, 1.165) is 5.56 Å². The molecule has 0 aliphatic rings. The van der Waals surface area contributed by atoms with Crippen molar-refractivity contribution in [1.29, 1.82) is 0 Å². The summed E-state index contributed by atoms with van der Waals surface area (Å²) < 4.78 is 15.2. The van der Waals surface area contributed by atoms with Crippen LogP contribution in [0.15, 0.2) is 22.7 Å². The van der Waals surface area contributed by atoms with Gasteiger partial charge in [-0.15, -0.1) is 0 Å². The van der Waals surface area contributed by atoms with E-state index in [1.807, 2.05) is 6.07 Å². The maximum atomic E-state index is 11.2. The highest BCUT2D eigenvalue weighted by atomic mass is 79.9. The number of benzene rings is 1. The van der Waals surface area contributed by atoms with Crippen LogP contribution in [0, 0.1) is 0 Å². The predicted molar refractivity (Wildman–Crippen MR) is 68.5 cm³/mol. The lowest BCUT2D eigenvalue weighted by Crippen LogP contribution is -1.99. The number of hydrogen-bond acceptors (Lipinski definition) is 4. The van der Waals surface area contributed by atoms with Crippen LogP contribution in [0.25, 0.3) is 6.08 Å². The van der Waals surface area contributed by atoms with Gasteiger partial charge < -0.3 is 14.2 Å². The lowest BCUT2D eigenvalue weighted by Gasteiger charge is -2.07. The summed E-state index contributed by atoms with van der Waals surface area (Å²) in [5, 5.41) is 0. The Hall–Kier alpha value is -1.49. The smallest absolute Gasteiger partial charge is 0.344 e. The lowest BCUT2D eigenvalue weighted by atomic mass is 10.2. The van der Waals surface area contributed by atoms with Gasteiger partial charge >= 0.3 is 5.97 Å². The molecule has 0 radical (unpaired) electrons. The van der Waals surface area contributed by atoms with Crippen molar-refractivity contribution in [2.45, 2.75) is 0 Å². The van der Waals surface area contributed by atoms with E-state index in [-0.39, 0.29) is 0 Å². The van der Waals surface area contributed by atoms with Crippen LogP contribution >= 0.6 is 15.9 Å². The number of ether oxygens (including phenoxy) is 3. The third-order valence-electron chi connectivity index (χ3n) is 2.08. The Kier molecular flexibility index (Phi) is 5.03. The molecule has 0 atom stereocenters. The zero-order valence-corrected chi connectivity index (χ0v) is 11.4. The minimum absolute atomic E-state index is 0.340. The molecule has 0 bridgehead atoms. The molecule has 1 aromatic carbocycles. The van der Waals surface area contributed by atoms with Gasteiger partial charge in [0.05, 0.1) is 21.3 Å². The van der Waals surface area contributed by atoms with Crippen LogP contribution in [0.1, 0.15) is 5.56 Å². The van der Waals surface area contributed by atoms with Crippen molar-refractivity contribution in [2.24, 2.45) is 0 Å². The predicted octanol–water partition coefficient (Wildman–Crippen LogP) is 2.61. The van der Waals surface area contributed by atoms with Crippen LogP contribution in [0.4, 0.5) is 0 Å². The van der Waals surface area contributed by atoms with Gasteiger partial charge in [-0.25, -0.2) is 4.79 Å². The first-order valence-electron chi connectivity index (χ1n) is 4.80. The molecule has 0 aliphatic heterocycles. The van der Waals surface area contributed by atoms with Crippen molar-refractivity contribution in [3.05, 3.63) is 28.2 Å². The van der Waals surface area contributed by atoms with E-state index in [2.05, 4.69) is 20.7 Å². The topological polar surface area (TPSA) is 44.8 Å². The highest BCUT2D eigenvalue weighted by Crippen LogP contribution is 2.28. The molecule has 0 aliphatic carbocycles. The summed E-state index contributed by atoms with van der Waals surface area (Å²) in [7, 11) is 4.45. The molecule has 0 saturated heterocycles. The van der Waals surface area contributed by atoms with Crippen molar-refractivity contribution in [3.8, 4) is 11.5 Å². The van der Waals surface area contributed by atoms with Gasteiger partial charge in [-0.3, -0.25) is 0 Å². The molecule has 17 heavy (non-hydrogen) atoms. The minimum atomic E-state index is -0.431. The summed E-state index contributed by atoms with van der Waals surface area (Å²) in [5.41, 5.74) is 0.805. The van der Waals surface area contributed by atoms with E-state index < -0.39 is 5.97 Å². The number of methoxy groups -OCH3 is 3. The van der Waals surface area contributed by atoms with Crippen LogP contribution in [0.3, 0.4) is 0 Å².